The molecule has 0 aromatic heterocycles. The molecule has 1 fully saturated rings. The van der Waals surface area contributed by atoms with E-state index in [9.17, 15) is 0 Å². The van der Waals surface area contributed by atoms with E-state index in [2.05, 4.69) is 0 Å². The zero-order valence-corrected chi connectivity index (χ0v) is 8.72. The van der Waals surface area contributed by atoms with Crippen molar-refractivity contribution in [3.05, 3.63) is 0 Å². The highest BCUT2D eigenvalue weighted by atomic mass is 35.5. The van der Waals surface area contributed by atoms with Gasteiger partial charge in [-0.05, 0) is 12.8 Å². The van der Waals surface area contributed by atoms with Gasteiger partial charge in [0.1, 0.15) is 4.33 Å². The minimum absolute atomic E-state index is 0.0638. The lowest BCUT2D eigenvalue weighted by Crippen LogP contribution is -2.27. The zero-order valence-electron chi connectivity index (χ0n) is 6.45. The zero-order chi connectivity index (χ0) is 8.32. The Hall–Kier alpha value is 0.870. The first kappa shape index (κ1) is 9.95. The van der Waals surface area contributed by atoms with Gasteiger partial charge in [-0.3, -0.25) is 0 Å². The summed E-state index contributed by atoms with van der Waals surface area (Å²) in [7, 11) is 0. The third-order valence-electron chi connectivity index (χ3n) is 2.18. The van der Waals surface area contributed by atoms with Crippen molar-refractivity contribution in [1.82, 2.24) is 0 Å². The Labute approximate surface area is 83.2 Å². The highest BCUT2D eigenvalue weighted by molar-refractivity contribution is 6.52. The Morgan fingerprint density at radius 1 is 1.00 bits per heavy atom. The lowest BCUT2D eigenvalue weighted by molar-refractivity contribution is 0.490. The maximum Gasteiger partial charge on any atom is 0.134 e. The largest absolute Gasteiger partial charge is 0.134 e. The summed E-state index contributed by atoms with van der Waals surface area (Å²) < 4.78 is -0.679. The molecule has 1 aliphatic rings. The van der Waals surface area contributed by atoms with E-state index in [1.165, 1.54) is 12.8 Å². The third-order valence-corrected chi connectivity index (χ3v) is 3.89. The Kier molecular flexibility index (Phi) is 3.80. The van der Waals surface area contributed by atoms with Gasteiger partial charge in [0, 0.05) is 0 Å². The topological polar surface area (TPSA) is 0 Å². The van der Waals surface area contributed by atoms with Crippen molar-refractivity contribution in [3.8, 4) is 0 Å². The van der Waals surface area contributed by atoms with Crippen molar-refractivity contribution < 1.29 is 0 Å². The quantitative estimate of drug-likeness (QED) is 0.533. The number of rotatable bonds is 0. The first-order valence-corrected chi connectivity index (χ1v) is 5.34. The fourth-order valence-electron chi connectivity index (χ4n) is 1.41. The first-order valence-electron chi connectivity index (χ1n) is 4.15. The lowest BCUT2D eigenvalue weighted by atomic mass is 10.00. The summed E-state index contributed by atoms with van der Waals surface area (Å²) in [6.07, 6.45) is 6.57. The smallest absolute Gasteiger partial charge is 0.120 e. The van der Waals surface area contributed by atoms with Gasteiger partial charge < -0.3 is 0 Å². The molecule has 1 saturated carbocycles. The molecule has 0 aliphatic heterocycles. The van der Waals surface area contributed by atoms with Crippen LogP contribution in [0.2, 0.25) is 0 Å². The Morgan fingerprint density at radius 3 is 2.36 bits per heavy atom. The van der Waals surface area contributed by atoms with Gasteiger partial charge in [-0.2, -0.15) is 0 Å². The fraction of sp³-hybridized carbons (Fsp3) is 1.00. The summed E-state index contributed by atoms with van der Waals surface area (Å²) in [5.74, 6) is 0. The first-order chi connectivity index (χ1) is 5.13. The van der Waals surface area contributed by atoms with E-state index in [0.717, 1.165) is 25.7 Å². The van der Waals surface area contributed by atoms with E-state index in [-0.39, 0.29) is 5.38 Å². The minimum atomic E-state index is -0.679. The molecule has 0 saturated heterocycles. The second kappa shape index (κ2) is 4.20. The van der Waals surface area contributed by atoms with Crippen LogP contribution in [0.4, 0.5) is 0 Å². The van der Waals surface area contributed by atoms with Gasteiger partial charge in [-0.1, -0.05) is 25.7 Å². The van der Waals surface area contributed by atoms with E-state index in [0.29, 0.717) is 0 Å². The standard InChI is InChI=1S/C8H13Cl3/c9-7-5-3-1-2-4-6-8(7,10)11/h7H,1-6H2. The van der Waals surface area contributed by atoms with Crippen LogP contribution in [0.1, 0.15) is 38.5 Å². The average molecular weight is 216 g/mol. The molecule has 1 atom stereocenters. The molecule has 0 radical (unpaired) electrons. The van der Waals surface area contributed by atoms with Crippen LogP contribution in [0.15, 0.2) is 0 Å². The predicted molar refractivity (Wildman–Crippen MR) is 51.8 cm³/mol. The van der Waals surface area contributed by atoms with E-state index in [4.69, 9.17) is 34.8 Å². The molecule has 66 valence electrons. The third kappa shape index (κ3) is 3.01. The SMILES string of the molecule is ClC1CCCCCCC1(Cl)Cl. The second-order valence-electron chi connectivity index (χ2n) is 3.18. The molecule has 0 aromatic rings. The molecule has 0 heterocycles. The molecule has 0 nitrogen and oxygen atoms in total. The Balaban J connectivity index is 2.47. The highest BCUT2D eigenvalue weighted by Gasteiger charge is 2.33. The molecule has 1 rings (SSSR count). The van der Waals surface area contributed by atoms with Crippen molar-refractivity contribution in [3.63, 3.8) is 0 Å². The van der Waals surface area contributed by atoms with Gasteiger partial charge in [-0.25, -0.2) is 0 Å². The summed E-state index contributed by atoms with van der Waals surface area (Å²) in [5, 5.41) is -0.0638. The molecule has 11 heavy (non-hydrogen) atoms. The summed E-state index contributed by atoms with van der Waals surface area (Å²) in [6, 6.07) is 0. The molecular formula is C8H13Cl3. The molecule has 1 aliphatic carbocycles. The molecule has 0 bridgehead atoms. The maximum atomic E-state index is 6.03. The Bertz CT molecular complexity index is 123. The van der Waals surface area contributed by atoms with Crippen molar-refractivity contribution >= 4 is 34.8 Å². The number of hydrogen-bond acceptors (Lipinski definition) is 0. The second-order valence-corrected chi connectivity index (χ2v) is 5.25. The van der Waals surface area contributed by atoms with Gasteiger partial charge >= 0.3 is 0 Å². The fourth-order valence-corrected chi connectivity index (χ4v) is 2.15. The van der Waals surface area contributed by atoms with Gasteiger partial charge in [-0.15, -0.1) is 34.8 Å². The minimum Gasteiger partial charge on any atom is -0.120 e. The molecule has 0 spiro atoms. The molecule has 0 N–H and O–H groups in total. The summed E-state index contributed by atoms with van der Waals surface area (Å²) in [6.45, 7) is 0. The Morgan fingerprint density at radius 2 is 1.64 bits per heavy atom. The molecule has 0 aromatic carbocycles. The van der Waals surface area contributed by atoms with E-state index in [1.54, 1.807) is 0 Å². The van der Waals surface area contributed by atoms with Gasteiger partial charge in [0.2, 0.25) is 0 Å². The van der Waals surface area contributed by atoms with Gasteiger partial charge in [0.15, 0.2) is 0 Å². The van der Waals surface area contributed by atoms with Crippen LogP contribution in [0.5, 0.6) is 0 Å². The summed E-state index contributed by atoms with van der Waals surface area (Å²) >= 11 is 18.1. The normalized spacial score (nSPS) is 32.5. The number of halogens is 3. The van der Waals surface area contributed by atoms with E-state index in [1.807, 2.05) is 0 Å². The number of hydrogen-bond donors (Lipinski definition) is 0. The van der Waals surface area contributed by atoms with Crippen LogP contribution < -0.4 is 0 Å². The van der Waals surface area contributed by atoms with Gasteiger partial charge in [0.25, 0.3) is 0 Å². The van der Waals surface area contributed by atoms with E-state index < -0.39 is 4.33 Å². The molecule has 3 heteroatoms. The monoisotopic (exact) mass is 214 g/mol. The average Bonchev–Trinajstić information content (AvgIpc) is 1.93. The molecule has 1 unspecified atom stereocenters. The summed E-state index contributed by atoms with van der Waals surface area (Å²) in [5.41, 5.74) is 0. The number of alkyl halides is 3. The van der Waals surface area contributed by atoms with E-state index >= 15 is 0 Å². The van der Waals surface area contributed by atoms with Crippen LogP contribution in [0, 0.1) is 0 Å². The van der Waals surface area contributed by atoms with Crippen molar-refractivity contribution in [2.45, 2.75) is 48.2 Å². The summed E-state index contributed by atoms with van der Waals surface area (Å²) in [4.78, 5) is 0. The molecular weight excluding hydrogens is 202 g/mol. The van der Waals surface area contributed by atoms with Crippen LogP contribution in [-0.2, 0) is 0 Å². The van der Waals surface area contributed by atoms with Crippen molar-refractivity contribution in [1.29, 1.82) is 0 Å². The highest BCUT2D eigenvalue weighted by Crippen LogP contribution is 2.38. The van der Waals surface area contributed by atoms with Crippen molar-refractivity contribution in [2.75, 3.05) is 0 Å². The van der Waals surface area contributed by atoms with Gasteiger partial charge in [0.05, 0.1) is 5.38 Å². The van der Waals surface area contributed by atoms with Crippen LogP contribution in [0.25, 0.3) is 0 Å². The lowest BCUT2D eigenvalue weighted by Gasteiger charge is -2.27. The van der Waals surface area contributed by atoms with Crippen molar-refractivity contribution in [2.24, 2.45) is 0 Å². The van der Waals surface area contributed by atoms with Crippen LogP contribution in [0.3, 0.4) is 0 Å². The van der Waals surface area contributed by atoms with Crippen LogP contribution >= 0.6 is 34.8 Å². The van der Waals surface area contributed by atoms with Crippen LogP contribution in [-0.4, -0.2) is 9.71 Å². The predicted octanol–water partition coefficient (Wildman–Crippen LogP) is 4.12. The maximum absolute atomic E-state index is 6.03. The molecule has 0 amide bonds.